The Hall–Kier alpha value is -2.15. The van der Waals surface area contributed by atoms with Gasteiger partial charge in [0, 0.05) is 21.7 Å². The number of carbonyl (C=O) groups excluding carboxylic acids is 2. The minimum Gasteiger partial charge on any atom is -0.379 e. The monoisotopic (exact) mass is 542 g/mol. The molecule has 0 aliphatic heterocycles. The third-order valence-electron chi connectivity index (χ3n) is 5.06. The van der Waals surface area contributed by atoms with Crippen LogP contribution in [0.5, 0.6) is 5.75 Å². The number of halogens is 5. The molecular formula is C23H15Cl5N2O3. The second-order valence-corrected chi connectivity index (χ2v) is 10.1. The topological polar surface area (TPSA) is 67.4 Å². The molecule has 3 aromatic carbocycles. The van der Waals surface area contributed by atoms with E-state index in [0.717, 1.165) is 0 Å². The zero-order chi connectivity index (χ0) is 23.8. The quantitative estimate of drug-likeness (QED) is 0.262. The van der Waals surface area contributed by atoms with Gasteiger partial charge in [0.2, 0.25) is 5.91 Å². The van der Waals surface area contributed by atoms with Crippen LogP contribution in [-0.4, -0.2) is 16.1 Å². The molecule has 2 atom stereocenters. The van der Waals surface area contributed by atoms with Crippen LogP contribution in [0.3, 0.4) is 0 Å². The summed E-state index contributed by atoms with van der Waals surface area (Å²) in [6.07, 6.45) is 0. The van der Waals surface area contributed by atoms with Crippen molar-refractivity contribution in [3.8, 4) is 5.75 Å². The molecule has 2 N–H and O–H groups in total. The third-order valence-corrected chi connectivity index (χ3v) is 6.77. The summed E-state index contributed by atoms with van der Waals surface area (Å²) in [5, 5.41) is 3.75. The van der Waals surface area contributed by atoms with Crippen molar-refractivity contribution >= 4 is 75.5 Å². The number of amides is 2. The minimum absolute atomic E-state index is 0.113. The van der Waals surface area contributed by atoms with E-state index in [1.54, 1.807) is 48.5 Å². The van der Waals surface area contributed by atoms with Crippen molar-refractivity contribution in [2.75, 3.05) is 5.32 Å². The van der Waals surface area contributed by atoms with Crippen LogP contribution in [0.15, 0.2) is 66.7 Å². The Balaban J connectivity index is 1.46. The van der Waals surface area contributed by atoms with E-state index in [2.05, 4.69) is 10.8 Å². The summed E-state index contributed by atoms with van der Waals surface area (Å²) in [4.78, 5) is 30.7. The lowest BCUT2D eigenvalue weighted by molar-refractivity contribution is -0.117. The molecule has 2 unspecified atom stereocenters. The number of hydrogen-bond acceptors (Lipinski definition) is 3. The standard InChI is InChI=1S/C23H15Cl5N2O3/c24-13-8-12(9-14(25)10-13)19-20(23(19,27)28)22(32)29-15-6-7-18(26)17(11-15)21(31)30-33-16-4-2-1-3-5-16/h1-11,19-20H,(H,29,32)(H,30,31). The number of alkyl halides is 2. The Morgan fingerprint density at radius 1 is 0.879 bits per heavy atom. The first-order valence-electron chi connectivity index (χ1n) is 9.63. The van der Waals surface area contributed by atoms with E-state index in [-0.39, 0.29) is 10.6 Å². The Morgan fingerprint density at radius 2 is 1.55 bits per heavy atom. The Morgan fingerprint density at radius 3 is 2.21 bits per heavy atom. The van der Waals surface area contributed by atoms with Crippen LogP contribution in [0.1, 0.15) is 21.8 Å². The number of hydroxylamine groups is 1. The summed E-state index contributed by atoms with van der Waals surface area (Å²) in [7, 11) is 0. The summed E-state index contributed by atoms with van der Waals surface area (Å²) in [5.41, 5.74) is 3.43. The SMILES string of the molecule is O=C(NOc1ccccc1)c1cc(NC(=O)C2C(c3cc(Cl)cc(Cl)c3)C2(Cl)Cl)ccc1Cl. The maximum absolute atomic E-state index is 12.9. The van der Waals surface area contributed by atoms with Crippen molar-refractivity contribution in [3.05, 3.63) is 92.9 Å². The van der Waals surface area contributed by atoms with Gasteiger partial charge in [-0.25, -0.2) is 0 Å². The van der Waals surface area contributed by atoms with E-state index >= 15 is 0 Å². The van der Waals surface area contributed by atoms with E-state index in [1.165, 1.54) is 12.1 Å². The first kappa shape index (κ1) is 24.0. The van der Waals surface area contributed by atoms with Crippen molar-refractivity contribution in [2.45, 2.75) is 10.3 Å². The van der Waals surface area contributed by atoms with Gasteiger partial charge in [-0.05, 0) is 54.1 Å². The maximum Gasteiger partial charge on any atom is 0.285 e. The lowest BCUT2D eigenvalue weighted by Gasteiger charge is -2.11. The molecule has 4 rings (SSSR count). The number of benzene rings is 3. The van der Waals surface area contributed by atoms with Gasteiger partial charge in [0.05, 0.1) is 16.5 Å². The lowest BCUT2D eigenvalue weighted by atomic mass is 10.1. The molecule has 0 saturated heterocycles. The molecule has 1 fully saturated rings. The zero-order valence-corrected chi connectivity index (χ0v) is 20.4. The molecule has 0 bridgehead atoms. The number of hydrogen-bond donors (Lipinski definition) is 2. The van der Waals surface area contributed by atoms with Gasteiger partial charge in [-0.1, -0.05) is 53.0 Å². The fraction of sp³-hybridized carbons (Fsp3) is 0.130. The van der Waals surface area contributed by atoms with E-state index in [1.807, 2.05) is 6.07 Å². The summed E-state index contributed by atoms with van der Waals surface area (Å²) in [5.74, 6) is -1.79. The normalized spacial score (nSPS) is 18.3. The van der Waals surface area contributed by atoms with Crippen LogP contribution in [-0.2, 0) is 4.79 Å². The average molecular weight is 545 g/mol. The van der Waals surface area contributed by atoms with Gasteiger partial charge in [-0.15, -0.1) is 23.2 Å². The van der Waals surface area contributed by atoms with E-state index in [0.29, 0.717) is 27.0 Å². The van der Waals surface area contributed by atoms with Gasteiger partial charge in [-0.2, -0.15) is 5.48 Å². The van der Waals surface area contributed by atoms with Crippen molar-refractivity contribution in [1.82, 2.24) is 5.48 Å². The highest BCUT2D eigenvalue weighted by Gasteiger charge is 2.67. The van der Waals surface area contributed by atoms with Crippen LogP contribution in [0, 0.1) is 5.92 Å². The smallest absolute Gasteiger partial charge is 0.285 e. The fourth-order valence-electron chi connectivity index (χ4n) is 3.47. The van der Waals surface area contributed by atoms with Gasteiger partial charge in [0.25, 0.3) is 5.91 Å². The summed E-state index contributed by atoms with van der Waals surface area (Å²) >= 11 is 31.1. The summed E-state index contributed by atoms with van der Waals surface area (Å²) in [6.45, 7) is 0. The highest BCUT2D eigenvalue weighted by Crippen LogP contribution is 2.65. The molecule has 5 nitrogen and oxygen atoms in total. The molecule has 0 heterocycles. The largest absolute Gasteiger partial charge is 0.379 e. The summed E-state index contributed by atoms with van der Waals surface area (Å²) < 4.78 is -1.33. The Bertz CT molecular complexity index is 1200. The Labute approximate surface area is 214 Å². The highest BCUT2D eigenvalue weighted by molar-refractivity contribution is 6.53. The van der Waals surface area contributed by atoms with Crippen molar-refractivity contribution in [1.29, 1.82) is 0 Å². The maximum atomic E-state index is 12.9. The molecule has 2 amide bonds. The van der Waals surface area contributed by atoms with Crippen molar-refractivity contribution in [2.24, 2.45) is 5.92 Å². The number of nitrogens with one attached hydrogen (secondary N) is 2. The van der Waals surface area contributed by atoms with Crippen molar-refractivity contribution in [3.63, 3.8) is 0 Å². The molecule has 0 radical (unpaired) electrons. The number of anilines is 1. The van der Waals surface area contributed by atoms with Crippen LogP contribution >= 0.6 is 58.0 Å². The number of para-hydroxylation sites is 1. The average Bonchev–Trinajstić information content (AvgIpc) is 3.35. The molecule has 3 aromatic rings. The van der Waals surface area contributed by atoms with E-state index in [9.17, 15) is 9.59 Å². The van der Waals surface area contributed by atoms with Crippen molar-refractivity contribution < 1.29 is 14.4 Å². The zero-order valence-electron chi connectivity index (χ0n) is 16.6. The van der Waals surface area contributed by atoms with Crippen LogP contribution in [0.25, 0.3) is 0 Å². The van der Waals surface area contributed by atoms with Gasteiger partial charge < -0.3 is 10.2 Å². The van der Waals surface area contributed by atoms with Crippen LogP contribution in [0.4, 0.5) is 5.69 Å². The summed E-state index contributed by atoms with van der Waals surface area (Å²) in [6, 6.07) is 18.1. The van der Waals surface area contributed by atoms with Gasteiger partial charge in [0.15, 0.2) is 5.75 Å². The number of rotatable bonds is 6. The second kappa shape index (κ2) is 9.61. The predicted octanol–water partition coefficient (Wildman–Crippen LogP) is 6.90. The molecular weight excluding hydrogens is 530 g/mol. The Kier molecular flexibility index (Phi) is 6.99. The van der Waals surface area contributed by atoms with E-state index < -0.39 is 28.0 Å². The molecule has 1 aliphatic rings. The molecule has 0 aromatic heterocycles. The predicted molar refractivity (Wildman–Crippen MR) is 132 cm³/mol. The molecule has 33 heavy (non-hydrogen) atoms. The molecule has 1 saturated carbocycles. The lowest BCUT2D eigenvalue weighted by Crippen LogP contribution is -2.27. The number of carbonyl (C=O) groups is 2. The van der Waals surface area contributed by atoms with Gasteiger partial charge >= 0.3 is 0 Å². The first-order valence-corrected chi connectivity index (χ1v) is 11.5. The van der Waals surface area contributed by atoms with Crippen LogP contribution < -0.4 is 15.6 Å². The molecule has 1 aliphatic carbocycles. The molecule has 170 valence electrons. The minimum atomic E-state index is -1.33. The highest BCUT2D eigenvalue weighted by atomic mass is 35.5. The molecule has 0 spiro atoms. The fourth-order valence-corrected chi connectivity index (χ4v) is 5.04. The van der Waals surface area contributed by atoms with Crippen LogP contribution in [0.2, 0.25) is 15.1 Å². The van der Waals surface area contributed by atoms with Gasteiger partial charge in [0.1, 0.15) is 4.33 Å². The first-order chi connectivity index (χ1) is 15.7. The second-order valence-electron chi connectivity index (χ2n) is 7.36. The van der Waals surface area contributed by atoms with E-state index in [4.69, 9.17) is 62.8 Å². The third kappa shape index (κ3) is 5.34. The van der Waals surface area contributed by atoms with Gasteiger partial charge in [-0.3, -0.25) is 9.59 Å². The molecule has 10 heteroatoms.